The number of anilines is 2. The molecule has 1 aromatic carbocycles. The molecule has 0 unspecified atom stereocenters. The van der Waals surface area contributed by atoms with Gasteiger partial charge in [0.2, 0.25) is 0 Å². The van der Waals surface area contributed by atoms with Gasteiger partial charge in [-0.25, -0.2) is 4.98 Å². The summed E-state index contributed by atoms with van der Waals surface area (Å²) in [6, 6.07) is 5.58. The SMILES string of the molecule is COc1cc(CO)c(-c2cn3cc(NCCCC(C)=O)c(N4CCOCC4)cc3n2)cc1Cl. The van der Waals surface area contributed by atoms with E-state index in [2.05, 4.69) is 16.3 Å². The average Bonchev–Trinajstić information content (AvgIpc) is 3.24. The third-order valence-electron chi connectivity index (χ3n) is 5.77. The third-order valence-corrected chi connectivity index (χ3v) is 6.06. The van der Waals surface area contributed by atoms with E-state index in [0.29, 0.717) is 48.2 Å². The Hall–Kier alpha value is -2.81. The number of fused-ring (bicyclic) bond motifs is 1. The summed E-state index contributed by atoms with van der Waals surface area (Å²) < 4.78 is 12.8. The number of hydrogen-bond acceptors (Lipinski definition) is 7. The van der Waals surface area contributed by atoms with E-state index < -0.39 is 0 Å². The van der Waals surface area contributed by atoms with Crippen molar-refractivity contribution in [1.29, 1.82) is 0 Å². The normalized spacial score (nSPS) is 14.0. The smallest absolute Gasteiger partial charge is 0.139 e. The van der Waals surface area contributed by atoms with Crippen LogP contribution in [0.1, 0.15) is 25.3 Å². The number of carbonyl (C=O) groups is 1. The largest absolute Gasteiger partial charge is 0.495 e. The predicted octanol–water partition coefficient (Wildman–Crippen LogP) is 3.77. The van der Waals surface area contributed by atoms with Crippen molar-refractivity contribution in [2.45, 2.75) is 26.4 Å². The predicted molar refractivity (Wildman–Crippen MR) is 130 cm³/mol. The van der Waals surface area contributed by atoms with Crippen LogP contribution >= 0.6 is 11.6 Å². The summed E-state index contributed by atoms with van der Waals surface area (Å²) in [5.41, 5.74) is 4.99. The lowest BCUT2D eigenvalue weighted by atomic mass is 10.1. The second kappa shape index (κ2) is 10.4. The van der Waals surface area contributed by atoms with Gasteiger partial charge in [-0.05, 0) is 31.0 Å². The lowest BCUT2D eigenvalue weighted by Gasteiger charge is -2.30. The molecule has 1 aliphatic rings. The second-order valence-corrected chi connectivity index (χ2v) is 8.50. The molecule has 1 fully saturated rings. The van der Waals surface area contributed by atoms with Crippen LogP contribution in [0.25, 0.3) is 16.9 Å². The van der Waals surface area contributed by atoms with Gasteiger partial charge in [0.1, 0.15) is 17.2 Å². The number of benzene rings is 1. The van der Waals surface area contributed by atoms with Gasteiger partial charge in [-0.15, -0.1) is 0 Å². The molecule has 0 aliphatic carbocycles. The lowest BCUT2D eigenvalue weighted by molar-refractivity contribution is -0.117. The molecular formula is C24H29ClN4O4. The van der Waals surface area contributed by atoms with E-state index in [0.717, 1.165) is 42.1 Å². The Kier molecular flexibility index (Phi) is 7.37. The fraction of sp³-hybridized carbons (Fsp3) is 0.417. The highest BCUT2D eigenvalue weighted by Crippen LogP contribution is 2.35. The summed E-state index contributed by atoms with van der Waals surface area (Å²) in [6.45, 7) is 5.12. The maximum absolute atomic E-state index is 11.3. The van der Waals surface area contributed by atoms with E-state index in [9.17, 15) is 9.90 Å². The first kappa shape index (κ1) is 23.4. The molecule has 3 heterocycles. The monoisotopic (exact) mass is 472 g/mol. The number of halogens is 1. The van der Waals surface area contributed by atoms with E-state index in [-0.39, 0.29) is 12.4 Å². The minimum Gasteiger partial charge on any atom is -0.495 e. The van der Waals surface area contributed by atoms with Crippen LogP contribution in [-0.4, -0.2) is 60.2 Å². The quantitative estimate of drug-likeness (QED) is 0.458. The van der Waals surface area contributed by atoms with E-state index in [1.807, 2.05) is 16.8 Å². The molecule has 9 heteroatoms. The van der Waals surface area contributed by atoms with Crippen molar-refractivity contribution in [3.8, 4) is 17.0 Å². The number of carbonyl (C=O) groups excluding carboxylic acids is 1. The van der Waals surface area contributed by atoms with Crippen LogP contribution in [-0.2, 0) is 16.1 Å². The Balaban J connectivity index is 1.72. The maximum atomic E-state index is 11.3. The number of hydrogen-bond donors (Lipinski definition) is 2. The van der Waals surface area contributed by atoms with Gasteiger partial charge in [-0.3, -0.25) is 0 Å². The number of Topliss-reactive ketones (excluding diaryl/α,β-unsaturated/α-hetero) is 1. The maximum Gasteiger partial charge on any atom is 0.139 e. The minimum atomic E-state index is -0.154. The van der Waals surface area contributed by atoms with Crippen molar-refractivity contribution in [3.63, 3.8) is 0 Å². The van der Waals surface area contributed by atoms with Gasteiger partial charge in [0.25, 0.3) is 0 Å². The van der Waals surface area contributed by atoms with Crippen LogP contribution in [0.3, 0.4) is 0 Å². The van der Waals surface area contributed by atoms with E-state index in [1.165, 1.54) is 0 Å². The standard InChI is InChI=1S/C24H29ClN4O4/c1-16(31)4-3-5-26-21-14-29-13-20(18-11-19(25)23(32-2)10-17(18)15-30)27-24(29)12-22(21)28-6-8-33-9-7-28/h10-14,26,30H,3-9,15H2,1-2H3. The zero-order valence-corrected chi connectivity index (χ0v) is 19.7. The minimum absolute atomic E-state index is 0.154. The lowest BCUT2D eigenvalue weighted by Crippen LogP contribution is -2.36. The summed E-state index contributed by atoms with van der Waals surface area (Å²) >= 11 is 6.36. The topological polar surface area (TPSA) is 88.3 Å². The zero-order chi connectivity index (χ0) is 23.4. The van der Waals surface area contributed by atoms with Gasteiger partial charge >= 0.3 is 0 Å². The van der Waals surface area contributed by atoms with Crippen molar-refractivity contribution in [2.24, 2.45) is 0 Å². The number of pyridine rings is 1. The van der Waals surface area contributed by atoms with Gasteiger partial charge in [-0.1, -0.05) is 11.6 Å². The first-order valence-electron chi connectivity index (χ1n) is 11.1. The molecular weight excluding hydrogens is 444 g/mol. The zero-order valence-electron chi connectivity index (χ0n) is 18.9. The number of morpholine rings is 1. The number of aliphatic hydroxyl groups is 1. The summed E-state index contributed by atoms with van der Waals surface area (Å²) in [4.78, 5) is 18.4. The fourth-order valence-electron chi connectivity index (χ4n) is 4.04. The molecule has 2 N–H and O–H groups in total. The molecule has 0 radical (unpaired) electrons. The molecule has 8 nitrogen and oxygen atoms in total. The van der Waals surface area contributed by atoms with Crippen LogP contribution in [0.4, 0.5) is 11.4 Å². The van der Waals surface area contributed by atoms with Crippen molar-refractivity contribution >= 4 is 34.4 Å². The molecule has 3 aromatic rings. The first-order chi connectivity index (χ1) is 16.0. The molecule has 33 heavy (non-hydrogen) atoms. The third kappa shape index (κ3) is 5.24. The number of ketones is 1. The van der Waals surface area contributed by atoms with Crippen molar-refractivity contribution in [1.82, 2.24) is 9.38 Å². The number of aliphatic hydroxyl groups excluding tert-OH is 1. The van der Waals surface area contributed by atoms with E-state index in [4.69, 9.17) is 26.1 Å². The number of imidazole rings is 1. The summed E-state index contributed by atoms with van der Waals surface area (Å²) in [7, 11) is 1.55. The van der Waals surface area contributed by atoms with Crippen LogP contribution in [0, 0.1) is 0 Å². The summed E-state index contributed by atoms with van der Waals surface area (Å²) in [5, 5.41) is 13.9. The Morgan fingerprint density at radius 2 is 2.06 bits per heavy atom. The number of ether oxygens (including phenoxy) is 2. The number of methoxy groups -OCH3 is 1. The molecule has 0 atom stereocenters. The van der Waals surface area contributed by atoms with Crippen molar-refractivity contribution in [2.75, 3.05) is 50.2 Å². The van der Waals surface area contributed by atoms with Gasteiger partial charge in [0, 0.05) is 50.1 Å². The highest BCUT2D eigenvalue weighted by atomic mass is 35.5. The van der Waals surface area contributed by atoms with Crippen molar-refractivity contribution < 1.29 is 19.4 Å². The van der Waals surface area contributed by atoms with Crippen LogP contribution in [0.5, 0.6) is 5.75 Å². The summed E-state index contributed by atoms with van der Waals surface area (Å²) in [5.74, 6) is 0.706. The Labute approximate surface area is 198 Å². The van der Waals surface area contributed by atoms with Gasteiger partial charge in [0.05, 0.1) is 49.0 Å². The first-order valence-corrected chi connectivity index (χ1v) is 11.4. The van der Waals surface area contributed by atoms with Crippen LogP contribution in [0.2, 0.25) is 5.02 Å². The molecule has 0 bridgehead atoms. The molecule has 0 amide bonds. The van der Waals surface area contributed by atoms with Gasteiger partial charge in [0.15, 0.2) is 0 Å². The molecule has 0 saturated carbocycles. The van der Waals surface area contributed by atoms with Gasteiger partial charge < -0.3 is 34.0 Å². The van der Waals surface area contributed by atoms with Crippen LogP contribution in [0.15, 0.2) is 30.6 Å². The number of rotatable bonds is 9. The Bertz CT molecular complexity index is 1140. The number of nitrogens with zero attached hydrogens (tertiary/aromatic N) is 3. The Morgan fingerprint density at radius 1 is 1.27 bits per heavy atom. The highest BCUT2D eigenvalue weighted by molar-refractivity contribution is 6.32. The van der Waals surface area contributed by atoms with E-state index >= 15 is 0 Å². The number of nitrogens with one attached hydrogen (secondary N) is 1. The molecule has 1 saturated heterocycles. The van der Waals surface area contributed by atoms with Crippen molar-refractivity contribution in [3.05, 3.63) is 41.2 Å². The second-order valence-electron chi connectivity index (χ2n) is 8.10. The molecule has 2 aromatic heterocycles. The fourth-order valence-corrected chi connectivity index (χ4v) is 4.28. The molecule has 176 valence electrons. The average molecular weight is 473 g/mol. The number of aromatic nitrogens is 2. The van der Waals surface area contributed by atoms with Crippen LogP contribution < -0.4 is 15.0 Å². The highest BCUT2D eigenvalue weighted by Gasteiger charge is 2.19. The van der Waals surface area contributed by atoms with Gasteiger partial charge in [-0.2, -0.15) is 0 Å². The summed E-state index contributed by atoms with van der Waals surface area (Å²) in [6.07, 6.45) is 5.28. The molecule has 4 rings (SSSR count). The Morgan fingerprint density at radius 3 is 2.76 bits per heavy atom. The molecule has 0 spiro atoms. The molecule has 1 aliphatic heterocycles. The van der Waals surface area contributed by atoms with E-state index in [1.54, 1.807) is 26.2 Å².